The van der Waals surface area contributed by atoms with Gasteiger partial charge in [0.2, 0.25) is 4.90 Å². The molecule has 0 aromatic heterocycles. The summed E-state index contributed by atoms with van der Waals surface area (Å²) in [4.78, 5) is 3.70. The molecule has 0 heterocycles. The number of ether oxygens (including phenoxy) is 3. The van der Waals surface area contributed by atoms with Crippen molar-refractivity contribution in [2.45, 2.75) is 209 Å². The van der Waals surface area contributed by atoms with Gasteiger partial charge in [0.15, 0.2) is 21.3 Å². The van der Waals surface area contributed by atoms with Gasteiger partial charge in [-0.2, -0.15) is 0 Å². The smallest absolute Gasteiger partial charge is 0.250 e. The Morgan fingerprint density at radius 3 is 0.964 bits per heavy atom. The van der Waals surface area contributed by atoms with Gasteiger partial charge in [0.1, 0.15) is 16.6 Å². The second kappa shape index (κ2) is 32.5. The molecule has 0 bridgehead atoms. The number of benzene rings is 3. The Bertz CT molecular complexity index is 1210. The van der Waals surface area contributed by atoms with Crippen LogP contribution in [0.25, 0.3) is 0 Å². The van der Waals surface area contributed by atoms with Gasteiger partial charge < -0.3 is 14.2 Å². The molecule has 0 aliphatic heterocycles. The molecule has 0 radical (unpaired) electrons. The van der Waals surface area contributed by atoms with Gasteiger partial charge in [-0.15, -0.1) is 0 Å². The molecule has 0 amide bonds. The molecular weight excluding hydrogens is 693 g/mol. The number of hydrogen-bond acceptors (Lipinski definition) is 3. The summed E-state index contributed by atoms with van der Waals surface area (Å²) in [6.07, 6.45) is 35.2. The molecule has 3 aromatic carbocycles. The predicted octanol–water partition coefficient (Wildman–Crippen LogP) is 16.5. The van der Waals surface area contributed by atoms with Crippen LogP contribution in [-0.2, 0) is 10.9 Å². The van der Waals surface area contributed by atoms with Crippen LogP contribution in [0.2, 0.25) is 0 Å². The lowest BCUT2D eigenvalue weighted by Crippen LogP contribution is -2.12. The van der Waals surface area contributed by atoms with E-state index in [1.807, 2.05) is 0 Å². The first-order chi connectivity index (χ1) is 27.3. The van der Waals surface area contributed by atoms with Crippen LogP contribution in [0.4, 0.5) is 0 Å². The van der Waals surface area contributed by atoms with Crippen LogP contribution in [0.1, 0.15) is 194 Å². The summed E-state index contributed by atoms with van der Waals surface area (Å²) in [6.45, 7) is 9.03. The zero-order valence-corrected chi connectivity index (χ0v) is 36.6. The molecule has 0 N–H and O–H groups in total. The molecule has 0 aliphatic rings. The summed E-state index contributed by atoms with van der Waals surface area (Å²) in [7, 11) is -0.395. The van der Waals surface area contributed by atoms with Crippen molar-refractivity contribution >= 4 is 10.9 Å². The Kier molecular flexibility index (Phi) is 27.6. The lowest BCUT2D eigenvalue weighted by atomic mass is 10.1. The number of rotatable bonds is 36. The highest BCUT2D eigenvalue weighted by atomic mass is 32.2. The van der Waals surface area contributed by atoms with Gasteiger partial charge >= 0.3 is 0 Å². The third-order valence-electron chi connectivity index (χ3n) is 10.7. The maximum Gasteiger partial charge on any atom is 0.250 e. The van der Waals surface area contributed by atoms with Crippen LogP contribution in [0, 0.1) is 0 Å². The molecule has 3 aromatic rings. The Hall–Kier alpha value is -2.59. The van der Waals surface area contributed by atoms with Gasteiger partial charge in [-0.3, -0.25) is 0 Å². The van der Waals surface area contributed by atoms with E-state index in [-0.39, 0.29) is 0 Å². The molecule has 308 valence electrons. The van der Waals surface area contributed by atoms with Crippen molar-refractivity contribution in [1.82, 2.24) is 0 Å². The van der Waals surface area contributed by atoms with Gasteiger partial charge in [0, 0.05) is 12.1 Å². The summed E-state index contributed by atoms with van der Waals surface area (Å²) in [6, 6.07) is 26.3. The van der Waals surface area contributed by atoms with Crippen molar-refractivity contribution in [2.24, 2.45) is 0 Å². The molecule has 3 nitrogen and oxygen atoms in total. The van der Waals surface area contributed by atoms with Gasteiger partial charge in [0.25, 0.3) is 0 Å². The zero-order chi connectivity index (χ0) is 38.9. The van der Waals surface area contributed by atoms with Gasteiger partial charge in [0.05, 0.1) is 19.8 Å². The lowest BCUT2D eigenvalue weighted by molar-refractivity contribution is 0.266. The van der Waals surface area contributed by atoms with Crippen LogP contribution in [0.3, 0.4) is 0 Å². The maximum absolute atomic E-state index is 6.85. The minimum Gasteiger partial charge on any atom is -0.493 e. The first-order valence-electron chi connectivity index (χ1n) is 23.2. The summed E-state index contributed by atoms with van der Waals surface area (Å²) < 4.78 is 20.2. The molecule has 55 heavy (non-hydrogen) atoms. The van der Waals surface area contributed by atoms with Crippen molar-refractivity contribution in [2.75, 3.05) is 19.8 Å². The van der Waals surface area contributed by atoms with E-state index in [9.17, 15) is 0 Å². The van der Waals surface area contributed by atoms with E-state index in [2.05, 4.69) is 93.6 Å². The molecule has 0 aliphatic carbocycles. The monoisotopic (exact) mass is 774 g/mol. The maximum atomic E-state index is 6.85. The molecular formula is C51H81O3S+. The summed E-state index contributed by atoms with van der Waals surface area (Å²) in [5.74, 6) is 2.71. The largest absolute Gasteiger partial charge is 0.493 e. The van der Waals surface area contributed by atoms with Crippen molar-refractivity contribution in [3.8, 4) is 17.2 Å². The molecule has 0 fully saturated rings. The highest BCUT2D eigenvalue weighted by Crippen LogP contribution is 2.45. The molecule has 0 saturated carbocycles. The topological polar surface area (TPSA) is 27.7 Å². The molecule has 0 unspecified atom stereocenters. The van der Waals surface area contributed by atoms with E-state index < -0.39 is 10.9 Å². The predicted molar refractivity (Wildman–Crippen MR) is 240 cm³/mol. The van der Waals surface area contributed by atoms with E-state index in [0.29, 0.717) is 13.2 Å². The average Bonchev–Trinajstić information content (AvgIpc) is 3.21. The minimum absolute atomic E-state index is 0.395. The summed E-state index contributed by atoms with van der Waals surface area (Å²) >= 11 is 0. The van der Waals surface area contributed by atoms with E-state index in [4.69, 9.17) is 14.2 Å². The van der Waals surface area contributed by atoms with Crippen molar-refractivity contribution in [3.63, 3.8) is 0 Å². The SMILES string of the molecule is CCCCCCCCCCCOc1cc(OCCCCCCCCCCC)c([S+](c2ccccc2)c2ccccc2)c(OCCCCCCCCCCC)c1. The minimum atomic E-state index is -0.395. The summed E-state index contributed by atoms with van der Waals surface area (Å²) in [5, 5.41) is 0. The van der Waals surface area contributed by atoms with E-state index >= 15 is 0 Å². The number of unbranched alkanes of at least 4 members (excludes halogenated alkanes) is 24. The van der Waals surface area contributed by atoms with E-state index in [1.54, 1.807) is 0 Å². The Labute approximate surface area is 342 Å². The molecule has 0 spiro atoms. The molecule has 0 saturated heterocycles. The van der Waals surface area contributed by atoms with Crippen LogP contribution in [0.15, 0.2) is 87.5 Å². The first kappa shape index (κ1) is 46.8. The van der Waals surface area contributed by atoms with E-state index in [1.165, 1.54) is 164 Å². The average molecular weight is 774 g/mol. The number of hydrogen-bond donors (Lipinski definition) is 0. The highest BCUT2D eigenvalue weighted by molar-refractivity contribution is 7.97. The standard InChI is InChI=1S/C51H81O3S/c1-4-7-10-13-16-19-22-25-34-41-52-46-44-49(53-42-35-26-23-20-17-14-11-8-5-2)51(50(45-46)54-43-36-27-24-21-18-15-12-9-6-3)55(47-37-30-28-31-38-47)48-39-32-29-33-40-48/h28-33,37-40,44-45H,4-27,34-36,41-43H2,1-3H3/q+1. The molecule has 3 rings (SSSR count). The van der Waals surface area contributed by atoms with Crippen molar-refractivity contribution in [3.05, 3.63) is 72.8 Å². The fourth-order valence-electron chi connectivity index (χ4n) is 7.33. The second-order valence-corrected chi connectivity index (χ2v) is 17.7. The van der Waals surface area contributed by atoms with Crippen LogP contribution in [-0.4, -0.2) is 19.8 Å². The molecule has 0 atom stereocenters. The van der Waals surface area contributed by atoms with Crippen LogP contribution < -0.4 is 14.2 Å². The highest BCUT2D eigenvalue weighted by Gasteiger charge is 2.37. The summed E-state index contributed by atoms with van der Waals surface area (Å²) in [5.41, 5.74) is 0. The van der Waals surface area contributed by atoms with Crippen LogP contribution >= 0.6 is 0 Å². The lowest BCUT2D eigenvalue weighted by Gasteiger charge is -2.19. The second-order valence-electron chi connectivity index (χ2n) is 15.7. The quantitative estimate of drug-likeness (QED) is 0.0435. The van der Waals surface area contributed by atoms with Gasteiger partial charge in [-0.25, -0.2) is 0 Å². The fraction of sp³-hybridized carbons (Fsp3) is 0.647. The Balaban J connectivity index is 1.78. The fourth-order valence-corrected chi connectivity index (χ4v) is 9.57. The van der Waals surface area contributed by atoms with Crippen LogP contribution in [0.5, 0.6) is 17.2 Å². The van der Waals surface area contributed by atoms with E-state index in [0.717, 1.165) is 48.0 Å². The zero-order valence-electron chi connectivity index (χ0n) is 35.8. The van der Waals surface area contributed by atoms with Crippen molar-refractivity contribution in [1.29, 1.82) is 0 Å². The Morgan fingerprint density at radius 1 is 0.345 bits per heavy atom. The van der Waals surface area contributed by atoms with Gasteiger partial charge in [-0.1, -0.05) is 211 Å². The normalized spacial score (nSPS) is 11.3. The molecule has 4 heteroatoms. The van der Waals surface area contributed by atoms with Crippen molar-refractivity contribution < 1.29 is 14.2 Å². The van der Waals surface area contributed by atoms with Gasteiger partial charge in [-0.05, 0) is 43.5 Å². The third kappa shape index (κ3) is 20.9. The first-order valence-corrected chi connectivity index (χ1v) is 24.4. The third-order valence-corrected chi connectivity index (χ3v) is 13.0. The Morgan fingerprint density at radius 2 is 0.636 bits per heavy atom.